The molecule has 0 radical (unpaired) electrons. The first-order valence-electron chi connectivity index (χ1n) is 8.07. The highest BCUT2D eigenvalue weighted by atomic mass is 16.5. The lowest BCUT2D eigenvalue weighted by Crippen LogP contribution is -2.36. The lowest BCUT2D eigenvalue weighted by Gasteiger charge is -2.27. The molecule has 1 aromatic carbocycles. The van der Waals surface area contributed by atoms with Gasteiger partial charge in [-0.15, -0.1) is 0 Å². The van der Waals surface area contributed by atoms with Gasteiger partial charge < -0.3 is 20.3 Å². The summed E-state index contributed by atoms with van der Waals surface area (Å²) >= 11 is 0. The summed E-state index contributed by atoms with van der Waals surface area (Å²) in [5.74, 6) is 1.58. The zero-order chi connectivity index (χ0) is 16.8. The highest BCUT2D eigenvalue weighted by molar-refractivity contribution is 5.89. The van der Waals surface area contributed by atoms with Crippen molar-refractivity contribution >= 4 is 17.5 Å². The molecule has 126 valence electrons. The standard InChI is InChI=1S/C17H21N5O2/c1-2-18-17(23)20-14-5-3-13(4-6-14)16-19-8-7-15(21-16)22-9-11-24-12-10-22/h3-8H,2,9-12H2,1H3,(H2,18,20,23). The van der Waals surface area contributed by atoms with E-state index in [1.54, 1.807) is 6.20 Å². The maximum atomic E-state index is 11.5. The predicted octanol–water partition coefficient (Wildman–Crippen LogP) is 2.12. The summed E-state index contributed by atoms with van der Waals surface area (Å²) < 4.78 is 5.37. The number of benzene rings is 1. The molecular formula is C17H21N5O2. The van der Waals surface area contributed by atoms with E-state index in [2.05, 4.69) is 25.5 Å². The molecule has 24 heavy (non-hydrogen) atoms. The smallest absolute Gasteiger partial charge is 0.319 e. The minimum Gasteiger partial charge on any atom is -0.378 e. The van der Waals surface area contributed by atoms with Crippen molar-refractivity contribution in [3.05, 3.63) is 36.5 Å². The number of hydrogen-bond acceptors (Lipinski definition) is 5. The second kappa shape index (κ2) is 7.74. The average molecular weight is 327 g/mol. The third-order valence-electron chi connectivity index (χ3n) is 3.71. The number of rotatable bonds is 4. The van der Waals surface area contributed by atoms with Crippen molar-refractivity contribution in [3.8, 4) is 11.4 Å². The van der Waals surface area contributed by atoms with E-state index in [1.165, 1.54) is 0 Å². The summed E-state index contributed by atoms with van der Waals surface area (Å²) in [6.07, 6.45) is 1.77. The van der Waals surface area contributed by atoms with Gasteiger partial charge in [0.05, 0.1) is 13.2 Å². The van der Waals surface area contributed by atoms with Crippen LogP contribution in [0.25, 0.3) is 11.4 Å². The number of nitrogens with one attached hydrogen (secondary N) is 2. The maximum absolute atomic E-state index is 11.5. The van der Waals surface area contributed by atoms with Crippen molar-refractivity contribution in [3.63, 3.8) is 0 Å². The molecule has 1 saturated heterocycles. The number of anilines is 2. The average Bonchev–Trinajstić information content (AvgIpc) is 2.63. The Labute approximate surface area is 141 Å². The second-order valence-corrected chi connectivity index (χ2v) is 5.40. The normalized spacial score (nSPS) is 14.3. The van der Waals surface area contributed by atoms with Gasteiger partial charge in [-0.3, -0.25) is 0 Å². The zero-order valence-corrected chi connectivity index (χ0v) is 13.7. The molecule has 0 saturated carbocycles. The summed E-state index contributed by atoms with van der Waals surface area (Å²) in [6.45, 7) is 5.59. The predicted molar refractivity (Wildman–Crippen MR) is 93.2 cm³/mol. The molecule has 0 spiro atoms. The van der Waals surface area contributed by atoms with Crippen LogP contribution in [0.5, 0.6) is 0 Å². The van der Waals surface area contributed by atoms with Crippen molar-refractivity contribution < 1.29 is 9.53 Å². The highest BCUT2D eigenvalue weighted by Gasteiger charge is 2.13. The summed E-state index contributed by atoms with van der Waals surface area (Å²) in [4.78, 5) is 22.7. The summed E-state index contributed by atoms with van der Waals surface area (Å²) in [6, 6.07) is 9.20. The van der Waals surface area contributed by atoms with Crippen molar-refractivity contribution in [2.75, 3.05) is 43.1 Å². The Morgan fingerprint density at radius 2 is 1.96 bits per heavy atom. The summed E-state index contributed by atoms with van der Waals surface area (Å²) in [5.41, 5.74) is 1.64. The third kappa shape index (κ3) is 3.99. The minimum absolute atomic E-state index is 0.212. The number of morpholine rings is 1. The fraction of sp³-hybridized carbons (Fsp3) is 0.353. The highest BCUT2D eigenvalue weighted by Crippen LogP contribution is 2.21. The first-order chi connectivity index (χ1) is 11.8. The number of carbonyl (C=O) groups is 1. The molecule has 3 rings (SSSR count). The number of nitrogens with zero attached hydrogens (tertiary/aromatic N) is 3. The number of ether oxygens (including phenoxy) is 1. The van der Waals surface area contributed by atoms with Crippen LogP contribution in [0.2, 0.25) is 0 Å². The first-order valence-corrected chi connectivity index (χ1v) is 8.07. The molecule has 0 unspecified atom stereocenters. The van der Waals surface area contributed by atoms with E-state index in [9.17, 15) is 4.79 Å². The number of aromatic nitrogens is 2. The van der Waals surface area contributed by atoms with Gasteiger partial charge >= 0.3 is 6.03 Å². The van der Waals surface area contributed by atoms with Crippen LogP contribution in [0, 0.1) is 0 Å². The van der Waals surface area contributed by atoms with Crippen LogP contribution in [0.1, 0.15) is 6.92 Å². The van der Waals surface area contributed by atoms with E-state index in [-0.39, 0.29) is 6.03 Å². The van der Waals surface area contributed by atoms with Crippen LogP contribution in [0.4, 0.5) is 16.3 Å². The molecule has 0 aliphatic carbocycles. The van der Waals surface area contributed by atoms with E-state index in [0.29, 0.717) is 12.4 Å². The summed E-state index contributed by atoms with van der Waals surface area (Å²) in [5, 5.41) is 5.47. The van der Waals surface area contributed by atoms with Gasteiger partial charge in [0.1, 0.15) is 5.82 Å². The third-order valence-corrected chi connectivity index (χ3v) is 3.71. The molecule has 2 heterocycles. The molecule has 0 bridgehead atoms. The first kappa shape index (κ1) is 16.2. The molecule has 7 heteroatoms. The van der Waals surface area contributed by atoms with Gasteiger partial charge in [-0.05, 0) is 37.3 Å². The molecule has 2 amide bonds. The topological polar surface area (TPSA) is 79.4 Å². The molecule has 1 aliphatic heterocycles. The Morgan fingerprint density at radius 1 is 1.21 bits per heavy atom. The van der Waals surface area contributed by atoms with Crippen LogP contribution in [-0.2, 0) is 4.74 Å². The van der Waals surface area contributed by atoms with Crippen LogP contribution in [0.3, 0.4) is 0 Å². The van der Waals surface area contributed by atoms with Crippen LogP contribution in [-0.4, -0.2) is 48.8 Å². The summed E-state index contributed by atoms with van der Waals surface area (Å²) in [7, 11) is 0. The fourth-order valence-electron chi connectivity index (χ4n) is 2.50. The van der Waals surface area contributed by atoms with Gasteiger partial charge in [-0.1, -0.05) is 0 Å². The van der Waals surface area contributed by atoms with E-state index >= 15 is 0 Å². The van der Waals surface area contributed by atoms with Crippen molar-refractivity contribution in [1.82, 2.24) is 15.3 Å². The molecule has 0 atom stereocenters. The number of urea groups is 1. The largest absolute Gasteiger partial charge is 0.378 e. The molecule has 2 N–H and O–H groups in total. The Kier molecular flexibility index (Phi) is 5.22. The Bertz CT molecular complexity index is 684. The van der Waals surface area contributed by atoms with Crippen molar-refractivity contribution in [2.24, 2.45) is 0 Å². The molecule has 2 aromatic rings. The maximum Gasteiger partial charge on any atom is 0.319 e. The van der Waals surface area contributed by atoms with Gasteiger partial charge in [0.2, 0.25) is 0 Å². The van der Waals surface area contributed by atoms with Gasteiger partial charge in [0, 0.05) is 37.1 Å². The molecule has 1 aliphatic rings. The van der Waals surface area contributed by atoms with Gasteiger partial charge in [0.25, 0.3) is 0 Å². The van der Waals surface area contributed by atoms with E-state index in [4.69, 9.17) is 4.74 Å². The molecule has 1 fully saturated rings. The number of hydrogen-bond donors (Lipinski definition) is 2. The van der Waals surface area contributed by atoms with Gasteiger partial charge in [-0.25, -0.2) is 14.8 Å². The lowest BCUT2D eigenvalue weighted by atomic mass is 10.2. The Morgan fingerprint density at radius 3 is 2.67 bits per heavy atom. The van der Waals surface area contributed by atoms with E-state index < -0.39 is 0 Å². The van der Waals surface area contributed by atoms with E-state index in [0.717, 1.165) is 43.4 Å². The number of carbonyl (C=O) groups excluding carboxylic acids is 1. The monoisotopic (exact) mass is 327 g/mol. The van der Waals surface area contributed by atoms with E-state index in [1.807, 2.05) is 37.3 Å². The van der Waals surface area contributed by atoms with Crippen LogP contribution < -0.4 is 15.5 Å². The second-order valence-electron chi connectivity index (χ2n) is 5.40. The number of amides is 2. The SMILES string of the molecule is CCNC(=O)Nc1ccc(-c2nccc(N3CCOCC3)n2)cc1. The van der Waals surface area contributed by atoms with Crippen molar-refractivity contribution in [1.29, 1.82) is 0 Å². The van der Waals surface area contributed by atoms with Gasteiger partial charge in [-0.2, -0.15) is 0 Å². The minimum atomic E-state index is -0.212. The Hall–Kier alpha value is -2.67. The van der Waals surface area contributed by atoms with Gasteiger partial charge in [0.15, 0.2) is 5.82 Å². The quantitative estimate of drug-likeness (QED) is 0.899. The zero-order valence-electron chi connectivity index (χ0n) is 13.7. The Balaban J connectivity index is 1.73. The van der Waals surface area contributed by atoms with Crippen LogP contribution >= 0.6 is 0 Å². The van der Waals surface area contributed by atoms with Crippen LogP contribution in [0.15, 0.2) is 36.5 Å². The lowest BCUT2D eigenvalue weighted by molar-refractivity contribution is 0.122. The molecule has 1 aromatic heterocycles. The molecular weight excluding hydrogens is 306 g/mol. The molecule has 7 nitrogen and oxygen atoms in total. The van der Waals surface area contributed by atoms with Crippen molar-refractivity contribution in [2.45, 2.75) is 6.92 Å². The fourth-order valence-corrected chi connectivity index (χ4v) is 2.50.